The number of hydrogen-bond acceptors (Lipinski definition) is 4. The number of halogens is 1. The number of nitrogens with one attached hydrogen (secondary N) is 1. The highest BCUT2D eigenvalue weighted by atomic mass is 79.9. The minimum Gasteiger partial charge on any atom is -0.486 e. The van der Waals surface area contributed by atoms with Crippen LogP contribution in [0.2, 0.25) is 0 Å². The maximum Gasteiger partial charge on any atom is 0.286 e. The molecular weight excluding hydrogens is 458 g/mol. The highest BCUT2D eigenvalue weighted by molar-refractivity contribution is 9.10. The summed E-state index contributed by atoms with van der Waals surface area (Å²) in [5, 5.41) is 7.37. The van der Waals surface area contributed by atoms with Crippen LogP contribution in [0.4, 0.5) is 0 Å². The molecule has 0 bridgehead atoms. The van der Waals surface area contributed by atoms with Crippen molar-refractivity contribution in [3.63, 3.8) is 0 Å². The average Bonchev–Trinajstić information content (AvgIpc) is 3.35. The van der Waals surface area contributed by atoms with Crippen LogP contribution >= 0.6 is 15.9 Å². The summed E-state index contributed by atoms with van der Waals surface area (Å²) in [4.78, 5) is 12.3. The third-order valence-corrected chi connectivity index (χ3v) is 6.60. The standard InChI is InChI=1S/C24H30BrN3O3/c1-5-16(2)19-7-9-20(10-8-19)30-15-21-11-12-22(31-21)24(29)26-13-6-14-28-18(4)23(25)17(3)27-28/h7-12,16H,5-6,13-15H2,1-4H3,(H,26,29). The van der Waals surface area contributed by atoms with E-state index in [-0.39, 0.29) is 12.5 Å². The lowest BCUT2D eigenvalue weighted by molar-refractivity contribution is 0.0920. The summed E-state index contributed by atoms with van der Waals surface area (Å²) in [7, 11) is 0. The fraction of sp³-hybridized carbons (Fsp3) is 0.417. The van der Waals surface area contributed by atoms with Gasteiger partial charge in [-0.25, -0.2) is 0 Å². The van der Waals surface area contributed by atoms with Crippen molar-refractivity contribution in [3.8, 4) is 5.75 Å². The fourth-order valence-corrected chi connectivity index (χ4v) is 3.55. The average molecular weight is 488 g/mol. The van der Waals surface area contributed by atoms with Gasteiger partial charge in [-0.3, -0.25) is 9.48 Å². The van der Waals surface area contributed by atoms with Gasteiger partial charge in [-0.1, -0.05) is 26.0 Å². The van der Waals surface area contributed by atoms with Gasteiger partial charge in [-0.15, -0.1) is 0 Å². The molecule has 1 unspecified atom stereocenters. The Morgan fingerprint density at radius 1 is 1.23 bits per heavy atom. The van der Waals surface area contributed by atoms with E-state index < -0.39 is 0 Å². The molecule has 2 heterocycles. The van der Waals surface area contributed by atoms with Crippen molar-refractivity contribution in [1.29, 1.82) is 0 Å². The minimum atomic E-state index is -0.223. The number of rotatable bonds is 10. The molecule has 0 saturated carbocycles. The van der Waals surface area contributed by atoms with Crippen LogP contribution in [0.1, 0.15) is 65.9 Å². The summed E-state index contributed by atoms with van der Waals surface area (Å²) in [6.45, 7) is 9.95. The van der Waals surface area contributed by atoms with Crippen molar-refractivity contribution in [2.75, 3.05) is 6.54 Å². The monoisotopic (exact) mass is 487 g/mol. The van der Waals surface area contributed by atoms with Crippen LogP contribution in [-0.4, -0.2) is 22.2 Å². The Hall–Kier alpha value is -2.54. The smallest absolute Gasteiger partial charge is 0.286 e. The van der Waals surface area contributed by atoms with E-state index in [1.165, 1.54) is 5.56 Å². The van der Waals surface area contributed by atoms with Gasteiger partial charge in [-0.2, -0.15) is 5.10 Å². The second-order valence-electron chi connectivity index (χ2n) is 7.75. The van der Waals surface area contributed by atoms with Crippen LogP contribution in [-0.2, 0) is 13.2 Å². The minimum absolute atomic E-state index is 0.223. The molecule has 3 rings (SSSR count). The van der Waals surface area contributed by atoms with Gasteiger partial charge in [0.25, 0.3) is 5.91 Å². The summed E-state index contributed by atoms with van der Waals surface area (Å²) >= 11 is 3.53. The number of aromatic nitrogens is 2. The molecule has 1 amide bonds. The van der Waals surface area contributed by atoms with Gasteiger partial charge in [0.2, 0.25) is 0 Å². The maximum atomic E-state index is 12.3. The molecule has 3 aromatic rings. The van der Waals surface area contributed by atoms with E-state index in [0.717, 1.165) is 41.0 Å². The lowest BCUT2D eigenvalue weighted by Gasteiger charge is -2.10. The third-order valence-electron chi connectivity index (χ3n) is 5.45. The van der Waals surface area contributed by atoms with Crippen LogP contribution in [0, 0.1) is 13.8 Å². The van der Waals surface area contributed by atoms with Crippen molar-refractivity contribution in [1.82, 2.24) is 15.1 Å². The van der Waals surface area contributed by atoms with E-state index in [9.17, 15) is 4.79 Å². The number of benzene rings is 1. The number of nitrogens with zero attached hydrogens (tertiary/aromatic N) is 2. The SMILES string of the molecule is CCC(C)c1ccc(OCc2ccc(C(=O)NCCCn3nc(C)c(Br)c3C)o2)cc1. The number of hydrogen-bond donors (Lipinski definition) is 1. The van der Waals surface area contributed by atoms with E-state index in [4.69, 9.17) is 9.15 Å². The second kappa shape index (κ2) is 10.7. The number of amides is 1. The van der Waals surface area contributed by atoms with Crippen LogP contribution in [0.25, 0.3) is 0 Å². The molecule has 1 atom stereocenters. The zero-order chi connectivity index (χ0) is 22.4. The van der Waals surface area contributed by atoms with Crippen molar-refractivity contribution < 1.29 is 13.9 Å². The summed E-state index contributed by atoms with van der Waals surface area (Å²) in [6.07, 6.45) is 1.89. The molecule has 0 saturated heterocycles. The van der Waals surface area contributed by atoms with E-state index in [2.05, 4.69) is 52.3 Å². The van der Waals surface area contributed by atoms with Crippen molar-refractivity contribution in [2.45, 2.75) is 59.6 Å². The summed E-state index contributed by atoms with van der Waals surface area (Å²) in [5.41, 5.74) is 3.37. The normalized spacial score (nSPS) is 12.0. The zero-order valence-electron chi connectivity index (χ0n) is 18.6. The summed E-state index contributed by atoms with van der Waals surface area (Å²) in [6, 6.07) is 11.6. The molecule has 2 aromatic heterocycles. The Balaban J connectivity index is 1.43. The van der Waals surface area contributed by atoms with E-state index in [1.54, 1.807) is 12.1 Å². The molecule has 0 aliphatic heterocycles. The van der Waals surface area contributed by atoms with Gasteiger partial charge in [-0.05, 0) is 78.4 Å². The first-order valence-electron chi connectivity index (χ1n) is 10.7. The van der Waals surface area contributed by atoms with Crippen LogP contribution < -0.4 is 10.1 Å². The molecule has 0 spiro atoms. The number of ether oxygens (including phenoxy) is 1. The van der Waals surface area contributed by atoms with Crippen LogP contribution in [0.5, 0.6) is 5.75 Å². The third kappa shape index (κ3) is 6.00. The van der Waals surface area contributed by atoms with Crippen molar-refractivity contribution >= 4 is 21.8 Å². The zero-order valence-corrected chi connectivity index (χ0v) is 20.2. The summed E-state index contributed by atoms with van der Waals surface area (Å²) in [5.74, 6) is 2.00. The molecule has 0 radical (unpaired) electrons. The first-order chi connectivity index (χ1) is 14.9. The Morgan fingerprint density at radius 2 is 1.97 bits per heavy atom. The first kappa shape index (κ1) is 23.1. The molecular formula is C24H30BrN3O3. The van der Waals surface area contributed by atoms with Gasteiger partial charge in [0.05, 0.1) is 10.2 Å². The van der Waals surface area contributed by atoms with Crippen LogP contribution in [0.3, 0.4) is 0 Å². The highest BCUT2D eigenvalue weighted by Crippen LogP contribution is 2.22. The summed E-state index contributed by atoms with van der Waals surface area (Å²) < 4.78 is 14.4. The predicted octanol–water partition coefficient (Wildman–Crippen LogP) is 5.77. The van der Waals surface area contributed by atoms with E-state index in [1.807, 2.05) is 30.7 Å². The Bertz CT molecular complexity index is 1010. The van der Waals surface area contributed by atoms with Gasteiger partial charge >= 0.3 is 0 Å². The Labute approximate surface area is 192 Å². The Morgan fingerprint density at radius 3 is 2.61 bits per heavy atom. The van der Waals surface area contributed by atoms with Gasteiger partial charge in [0, 0.05) is 18.8 Å². The largest absolute Gasteiger partial charge is 0.486 e. The lowest BCUT2D eigenvalue weighted by atomic mass is 9.99. The molecule has 0 fully saturated rings. The van der Waals surface area contributed by atoms with Gasteiger partial charge in [0.1, 0.15) is 18.1 Å². The molecule has 166 valence electrons. The van der Waals surface area contributed by atoms with E-state index >= 15 is 0 Å². The molecule has 7 heteroatoms. The molecule has 31 heavy (non-hydrogen) atoms. The number of furan rings is 1. The van der Waals surface area contributed by atoms with Crippen molar-refractivity contribution in [2.24, 2.45) is 0 Å². The number of aryl methyl sites for hydroxylation is 2. The maximum absolute atomic E-state index is 12.3. The molecule has 1 aromatic carbocycles. The highest BCUT2D eigenvalue weighted by Gasteiger charge is 2.12. The fourth-order valence-electron chi connectivity index (χ4n) is 3.27. The second-order valence-corrected chi connectivity index (χ2v) is 8.54. The Kier molecular flexibility index (Phi) is 7.96. The first-order valence-corrected chi connectivity index (χ1v) is 11.5. The molecule has 0 aliphatic carbocycles. The quantitative estimate of drug-likeness (QED) is 0.368. The molecule has 0 aliphatic rings. The topological polar surface area (TPSA) is 69.3 Å². The number of carbonyl (C=O) groups is 1. The molecule has 6 nitrogen and oxygen atoms in total. The van der Waals surface area contributed by atoms with Gasteiger partial charge < -0.3 is 14.5 Å². The van der Waals surface area contributed by atoms with Crippen molar-refractivity contribution in [3.05, 3.63) is 69.3 Å². The van der Waals surface area contributed by atoms with Gasteiger partial charge in [0.15, 0.2) is 5.76 Å². The predicted molar refractivity (Wildman–Crippen MR) is 125 cm³/mol. The van der Waals surface area contributed by atoms with Crippen LogP contribution in [0.15, 0.2) is 45.3 Å². The van der Waals surface area contributed by atoms with E-state index in [0.29, 0.717) is 24.0 Å². The lowest BCUT2D eigenvalue weighted by Crippen LogP contribution is -2.25. The number of carbonyl (C=O) groups excluding carboxylic acids is 1. The molecule has 1 N–H and O–H groups in total.